The predicted octanol–water partition coefficient (Wildman–Crippen LogP) is 3.88. The van der Waals surface area contributed by atoms with E-state index >= 15 is 0 Å². The summed E-state index contributed by atoms with van der Waals surface area (Å²) in [6.07, 6.45) is 1.35. The molecular weight excluding hydrogens is 370 g/mol. The second-order valence-corrected chi connectivity index (χ2v) is 5.97. The number of ether oxygens (including phenoxy) is 2. The van der Waals surface area contributed by atoms with Gasteiger partial charge in [0.15, 0.2) is 11.5 Å². The second kappa shape index (κ2) is 9.64. The first-order valence-electron chi connectivity index (χ1n) is 8.26. The van der Waals surface area contributed by atoms with Crippen molar-refractivity contribution in [2.75, 3.05) is 6.61 Å². The van der Waals surface area contributed by atoms with Crippen molar-refractivity contribution in [3.05, 3.63) is 64.3 Å². The molecule has 2 aromatic rings. The van der Waals surface area contributed by atoms with E-state index in [9.17, 15) is 14.7 Å². The Balaban J connectivity index is 2.26. The molecule has 2 aromatic carbocycles. The normalized spacial score (nSPS) is 11.0. The maximum absolute atomic E-state index is 11.3. The number of hydrogen-bond donors (Lipinski definition) is 2. The lowest BCUT2D eigenvalue weighted by molar-refractivity contribution is -0.134. The summed E-state index contributed by atoms with van der Waals surface area (Å²) in [7, 11) is 0. The highest BCUT2D eigenvalue weighted by molar-refractivity contribution is 6.31. The van der Waals surface area contributed by atoms with Crippen molar-refractivity contribution in [3.8, 4) is 11.5 Å². The van der Waals surface area contributed by atoms with E-state index in [4.69, 9.17) is 21.1 Å². The van der Waals surface area contributed by atoms with Crippen LogP contribution in [0, 0.1) is 0 Å². The molecule has 1 amide bonds. The molecule has 0 unspecified atom stereocenters. The molecule has 142 valence electrons. The molecule has 2 N–H and O–H groups in total. The molecule has 0 bridgehead atoms. The van der Waals surface area contributed by atoms with Gasteiger partial charge in [-0.15, -0.1) is 0 Å². The Morgan fingerprint density at radius 3 is 2.52 bits per heavy atom. The van der Waals surface area contributed by atoms with Gasteiger partial charge in [0, 0.05) is 17.5 Å². The fourth-order valence-corrected chi connectivity index (χ4v) is 2.47. The Labute approximate surface area is 162 Å². The third-order valence-corrected chi connectivity index (χ3v) is 3.83. The molecular formula is C20H20ClNO5. The zero-order chi connectivity index (χ0) is 19.8. The molecule has 0 aliphatic carbocycles. The first-order valence-corrected chi connectivity index (χ1v) is 8.64. The van der Waals surface area contributed by atoms with Crippen LogP contribution in [0.4, 0.5) is 0 Å². The summed E-state index contributed by atoms with van der Waals surface area (Å²) in [6, 6.07) is 12.4. The smallest absolute Gasteiger partial charge is 0.352 e. The number of halogens is 1. The molecule has 0 saturated carbocycles. The molecule has 27 heavy (non-hydrogen) atoms. The van der Waals surface area contributed by atoms with Gasteiger partial charge in [-0.05, 0) is 36.8 Å². The fourth-order valence-electron chi connectivity index (χ4n) is 2.28. The number of amides is 1. The van der Waals surface area contributed by atoms with Gasteiger partial charge < -0.3 is 19.9 Å². The highest BCUT2D eigenvalue weighted by Gasteiger charge is 2.11. The number of carbonyl (C=O) groups excluding carboxylic acids is 1. The van der Waals surface area contributed by atoms with Gasteiger partial charge in [0.25, 0.3) is 0 Å². The van der Waals surface area contributed by atoms with Gasteiger partial charge in [-0.3, -0.25) is 4.79 Å². The minimum Gasteiger partial charge on any atom is -0.490 e. The SMILES string of the molecule is CCOc1cc(C=C(NC(C)=O)C(=O)O)ccc1OCc1ccccc1Cl. The van der Waals surface area contributed by atoms with Crippen molar-refractivity contribution in [2.24, 2.45) is 0 Å². The lowest BCUT2D eigenvalue weighted by Gasteiger charge is -2.13. The van der Waals surface area contributed by atoms with Gasteiger partial charge in [-0.2, -0.15) is 0 Å². The van der Waals surface area contributed by atoms with Crippen LogP contribution < -0.4 is 14.8 Å². The van der Waals surface area contributed by atoms with Crippen LogP contribution in [0.15, 0.2) is 48.2 Å². The van der Waals surface area contributed by atoms with Crippen molar-refractivity contribution in [2.45, 2.75) is 20.5 Å². The van der Waals surface area contributed by atoms with Crippen LogP contribution >= 0.6 is 11.6 Å². The number of carbonyl (C=O) groups is 2. The summed E-state index contributed by atoms with van der Waals surface area (Å²) < 4.78 is 11.4. The summed E-state index contributed by atoms with van der Waals surface area (Å²) in [5.41, 5.74) is 1.16. The van der Waals surface area contributed by atoms with Gasteiger partial charge in [0.05, 0.1) is 6.61 Å². The second-order valence-electron chi connectivity index (χ2n) is 5.56. The standard InChI is InChI=1S/C20H20ClNO5/c1-3-26-19-11-14(10-17(20(24)25)22-13(2)23)8-9-18(19)27-12-15-6-4-5-7-16(15)21/h4-11H,3,12H2,1-2H3,(H,22,23)(H,24,25). The van der Waals surface area contributed by atoms with E-state index < -0.39 is 11.9 Å². The van der Waals surface area contributed by atoms with Crippen molar-refractivity contribution in [3.63, 3.8) is 0 Å². The largest absolute Gasteiger partial charge is 0.490 e. The monoisotopic (exact) mass is 389 g/mol. The van der Waals surface area contributed by atoms with Crippen LogP contribution in [0.5, 0.6) is 11.5 Å². The molecule has 0 aliphatic heterocycles. The highest BCUT2D eigenvalue weighted by Crippen LogP contribution is 2.30. The Bertz CT molecular complexity index is 863. The van der Waals surface area contributed by atoms with Gasteiger partial charge in [-0.25, -0.2) is 4.79 Å². The van der Waals surface area contributed by atoms with Crippen molar-refractivity contribution >= 4 is 29.6 Å². The number of carboxylic acids is 1. The van der Waals surface area contributed by atoms with Crippen LogP contribution in [-0.2, 0) is 16.2 Å². The summed E-state index contributed by atoms with van der Waals surface area (Å²) in [5.74, 6) is -0.730. The summed E-state index contributed by atoms with van der Waals surface area (Å²) in [4.78, 5) is 22.4. The Kier molecular flexibility index (Phi) is 7.25. The summed E-state index contributed by atoms with van der Waals surface area (Å²) >= 11 is 6.14. The maximum atomic E-state index is 11.3. The Morgan fingerprint density at radius 2 is 1.89 bits per heavy atom. The van der Waals surface area contributed by atoms with Crippen molar-refractivity contribution < 1.29 is 24.2 Å². The average molecular weight is 390 g/mol. The van der Waals surface area contributed by atoms with Crippen LogP contribution in [0.25, 0.3) is 6.08 Å². The summed E-state index contributed by atoms with van der Waals surface area (Å²) in [5, 5.41) is 12.1. The van der Waals surface area contributed by atoms with Crippen LogP contribution in [0.3, 0.4) is 0 Å². The first-order chi connectivity index (χ1) is 12.9. The zero-order valence-electron chi connectivity index (χ0n) is 15.0. The molecule has 0 radical (unpaired) electrons. The van der Waals surface area contributed by atoms with Gasteiger partial charge >= 0.3 is 5.97 Å². The highest BCUT2D eigenvalue weighted by atomic mass is 35.5. The molecule has 0 aliphatic rings. The minimum atomic E-state index is -1.23. The van der Waals surface area contributed by atoms with Crippen LogP contribution in [0.2, 0.25) is 5.02 Å². The van der Waals surface area contributed by atoms with Gasteiger partial charge in [-0.1, -0.05) is 35.9 Å². The molecule has 0 fully saturated rings. The Hall–Kier alpha value is -2.99. The minimum absolute atomic E-state index is 0.227. The zero-order valence-corrected chi connectivity index (χ0v) is 15.7. The van der Waals surface area contributed by atoms with Gasteiger partial charge in [0.2, 0.25) is 5.91 Å². The van der Waals surface area contributed by atoms with E-state index in [1.54, 1.807) is 24.3 Å². The quantitative estimate of drug-likeness (QED) is 0.669. The number of hydrogen-bond acceptors (Lipinski definition) is 4. The van der Waals surface area contributed by atoms with E-state index in [0.29, 0.717) is 28.7 Å². The number of carboxylic acid groups (broad SMARTS) is 1. The first kappa shape index (κ1) is 20.3. The third kappa shape index (κ3) is 6.04. The number of benzene rings is 2. The molecule has 6 nitrogen and oxygen atoms in total. The van der Waals surface area contributed by atoms with E-state index in [1.165, 1.54) is 13.0 Å². The number of rotatable bonds is 8. The number of aliphatic carboxylic acids is 1. The van der Waals surface area contributed by atoms with E-state index in [-0.39, 0.29) is 12.3 Å². The van der Waals surface area contributed by atoms with Crippen LogP contribution in [-0.4, -0.2) is 23.6 Å². The summed E-state index contributed by atoms with van der Waals surface area (Å²) in [6.45, 7) is 3.75. The van der Waals surface area contributed by atoms with Gasteiger partial charge in [0.1, 0.15) is 12.3 Å². The lowest BCUT2D eigenvalue weighted by atomic mass is 10.1. The molecule has 7 heteroatoms. The topological polar surface area (TPSA) is 84.9 Å². The molecule has 0 atom stereocenters. The molecule has 0 spiro atoms. The lowest BCUT2D eigenvalue weighted by Crippen LogP contribution is -2.24. The maximum Gasteiger partial charge on any atom is 0.352 e. The van der Waals surface area contributed by atoms with E-state index in [1.807, 2.05) is 25.1 Å². The van der Waals surface area contributed by atoms with Crippen LogP contribution in [0.1, 0.15) is 25.0 Å². The van der Waals surface area contributed by atoms with E-state index in [2.05, 4.69) is 5.32 Å². The third-order valence-electron chi connectivity index (χ3n) is 3.46. The predicted molar refractivity (Wildman–Crippen MR) is 103 cm³/mol. The molecule has 0 saturated heterocycles. The molecule has 2 rings (SSSR count). The Morgan fingerprint density at radius 1 is 1.15 bits per heavy atom. The van der Waals surface area contributed by atoms with E-state index in [0.717, 1.165) is 5.56 Å². The van der Waals surface area contributed by atoms with Crippen molar-refractivity contribution in [1.29, 1.82) is 0 Å². The fraction of sp³-hybridized carbons (Fsp3) is 0.200. The van der Waals surface area contributed by atoms with Crippen molar-refractivity contribution in [1.82, 2.24) is 5.32 Å². The number of nitrogens with one attached hydrogen (secondary N) is 1. The molecule has 0 heterocycles. The molecule has 0 aromatic heterocycles. The average Bonchev–Trinajstić information content (AvgIpc) is 2.61.